The Hall–Kier alpha value is -2.19. The fourth-order valence-electron chi connectivity index (χ4n) is 3.13. The van der Waals surface area contributed by atoms with E-state index in [0.717, 1.165) is 0 Å². The second-order valence-corrected chi connectivity index (χ2v) is 6.95. The van der Waals surface area contributed by atoms with E-state index in [2.05, 4.69) is 13.2 Å². The standard InChI is InChI=1S/C18H27NO7/c1-9(2)11(5)18(25)26-8-14(20)19-7-13(10(3)4)12(6-15(21)22)16(19)17(23)24/h9,12-14,16,20H,3,5-8H2,1-2,4H3,(H,21,22)(H,23,24). The van der Waals surface area contributed by atoms with Gasteiger partial charge < -0.3 is 20.1 Å². The van der Waals surface area contributed by atoms with Crippen LogP contribution in [0.15, 0.2) is 24.3 Å². The van der Waals surface area contributed by atoms with Crippen molar-refractivity contribution in [3.63, 3.8) is 0 Å². The van der Waals surface area contributed by atoms with Crippen LogP contribution in [0.25, 0.3) is 0 Å². The fraction of sp³-hybridized carbons (Fsp3) is 0.611. The number of carboxylic acids is 2. The Morgan fingerprint density at radius 1 is 1.23 bits per heavy atom. The van der Waals surface area contributed by atoms with Gasteiger partial charge in [-0.3, -0.25) is 14.5 Å². The van der Waals surface area contributed by atoms with E-state index in [4.69, 9.17) is 9.84 Å². The Morgan fingerprint density at radius 2 is 1.81 bits per heavy atom. The highest BCUT2D eigenvalue weighted by Gasteiger charge is 2.49. The largest absolute Gasteiger partial charge is 0.481 e. The highest BCUT2D eigenvalue weighted by molar-refractivity contribution is 5.88. The third kappa shape index (κ3) is 5.15. The number of hydrogen-bond acceptors (Lipinski definition) is 6. The van der Waals surface area contributed by atoms with Crippen LogP contribution in [0.4, 0.5) is 0 Å². The summed E-state index contributed by atoms with van der Waals surface area (Å²) in [7, 11) is 0. The van der Waals surface area contributed by atoms with Gasteiger partial charge in [0.25, 0.3) is 0 Å². The van der Waals surface area contributed by atoms with E-state index < -0.39 is 48.6 Å². The Morgan fingerprint density at radius 3 is 2.23 bits per heavy atom. The zero-order valence-electron chi connectivity index (χ0n) is 15.3. The van der Waals surface area contributed by atoms with Crippen molar-refractivity contribution in [2.45, 2.75) is 39.5 Å². The normalized spacial score (nSPS) is 24.3. The zero-order valence-corrected chi connectivity index (χ0v) is 15.3. The molecule has 0 saturated carbocycles. The number of carbonyl (C=O) groups is 3. The Kier molecular flexibility index (Phi) is 7.53. The predicted molar refractivity (Wildman–Crippen MR) is 93.1 cm³/mol. The molecule has 1 saturated heterocycles. The lowest BCUT2D eigenvalue weighted by atomic mass is 9.84. The Labute approximate surface area is 152 Å². The quantitative estimate of drug-likeness (QED) is 0.314. The van der Waals surface area contributed by atoms with Gasteiger partial charge in [-0.05, 0) is 18.8 Å². The third-order valence-corrected chi connectivity index (χ3v) is 4.69. The number of aliphatic carboxylic acids is 2. The summed E-state index contributed by atoms with van der Waals surface area (Å²) in [5, 5.41) is 29.0. The van der Waals surface area contributed by atoms with E-state index in [-0.39, 0.29) is 24.5 Å². The van der Waals surface area contributed by atoms with Crippen molar-refractivity contribution in [2.75, 3.05) is 13.2 Å². The summed E-state index contributed by atoms with van der Waals surface area (Å²) in [6, 6.07) is -1.21. The van der Waals surface area contributed by atoms with Gasteiger partial charge in [0, 0.05) is 18.0 Å². The van der Waals surface area contributed by atoms with Crippen molar-refractivity contribution in [2.24, 2.45) is 17.8 Å². The number of esters is 1. The van der Waals surface area contributed by atoms with Crippen molar-refractivity contribution >= 4 is 17.9 Å². The van der Waals surface area contributed by atoms with E-state index in [0.29, 0.717) is 5.57 Å². The molecule has 0 spiro atoms. The highest BCUT2D eigenvalue weighted by Crippen LogP contribution is 2.37. The SMILES string of the molecule is C=C(C(=O)OCC(O)N1CC(C(=C)C)C(CC(=O)O)C1C(=O)O)C(C)C. The molecule has 0 aromatic heterocycles. The van der Waals surface area contributed by atoms with Crippen molar-refractivity contribution < 1.29 is 34.4 Å². The van der Waals surface area contributed by atoms with Crippen LogP contribution >= 0.6 is 0 Å². The number of likely N-dealkylation sites (tertiary alicyclic amines) is 1. The molecule has 0 bridgehead atoms. The van der Waals surface area contributed by atoms with Crippen LogP contribution in [0.5, 0.6) is 0 Å². The van der Waals surface area contributed by atoms with Gasteiger partial charge >= 0.3 is 17.9 Å². The lowest BCUT2D eigenvalue weighted by molar-refractivity contribution is -0.155. The predicted octanol–water partition coefficient (Wildman–Crippen LogP) is 1.11. The van der Waals surface area contributed by atoms with Crippen LogP contribution in [-0.4, -0.2) is 63.5 Å². The van der Waals surface area contributed by atoms with Crippen molar-refractivity contribution in [3.05, 3.63) is 24.3 Å². The second-order valence-electron chi connectivity index (χ2n) is 6.95. The number of nitrogens with zero attached hydrogens (tertiary/aromatic N) is 1. The van der Waals surface area contributed by atoms with E-state index in [1.807, 2.05) is 0 Å². The molecule has 1 heterocycles. The maximum absolute atomic E-state index is 11.8. The van der Waals surface area contributed by atoms with Crippen LogP contribution in [0.2, 0.25) is 0 Å². The summed E-state index contributed by atoms with van der Waals surface area (Å²) in [6.45, 7) is 12.3. The molecule has 1 fully saturated rings. The van der Waals surface area contributed by atoms with Crippen LogP contribution in [-0.2, 0) is 19.1 Å². The summed E-state index contributed by atoms with van der Waals surface area (Å²) in [5.41, 5.74) is 0.888. The van der Waals surface area contributed by atoms with Crippen LogP contribution < -0.4 is 0 Å². The lowest BCUT2D eigenvalue weighted by Gasteiger charge is -2.28. The molecule has 3 N–H and O–H groups in total. The Balaban J connectivity index is 2.92. The first-order chi connectivity index (χ1) is 12.0. The van der Waals surface area contributed by atoms with E-state index >= 15 is 0 Å². The van der Waals surface area contributed by atoms with Crippen LogP contribution in [0.3, 0.4) is 0 Å². The molecule has 4 atom stereocenters. The Bertz CT molecular complexity index is 598. The summed E-state index contributed by atoms with van der Waals surface area (Å²) >= 11 is 0. The molecule has 0 amide bonds. The molecule has 0 radical (unpaired) electrons. The van der Waals surface area contributed by atoms with Crippen molar-refractivity contribution in [1.82, 2.24) is 4.90 Å². The van der Waals surface area contributed by atoms with Crippen LogP contribution in [0.1, 0.15) is 27.2 Å². The molecule has 1 aliphatic rings. The number of carboxylic acid groups (broad SMARTS) is 2. The number of ether oxygens (including phenoxy) is 1. The first kappa shape index (κ1) is 21.9. The van der Waals surface area contributed by atoms with Gasteiger partial charge in [0.2, 0.25) is 0 Å². The summed E-state index contributed by atoms with van der Waals surface area (Å²) in [6.07, 6.45) is -1.73. The maximum Gasteiger partial charge on any atom is 0.333 e. The minimum absolute atomic E-state index is 0.119. The summed E-state index contributed by atoms with van der Waals surface area (Å²) in [4.78, 5) is 35.9. The fourth-order valence-corrected chi connectivity index (χ4v) is 3.13. The molecule has 0 aromatic rings. The third-order valence-electron chi connectivity index (χ3n) is 4.69. The van der Waals surface area contributed by atoms with Crippen LogP contribution in [0, 0.1) is 17.8 Å². The molecule has 146 valence electrons. The average molecular weight is 369 g/mol. The van der Waals surface area contributed by atoms with Gasteiger partial charge in [0.1, 0.15) is 18.9 Å². The monoisotopic (exact) mass is 369 g/mol. The molecule has 1 aliphatic heterocycles. The molecule has 0 aromatic carbocycles. The van der Waals surface area contributed by atoms with Crippen molar-refractivity contribution in [1.29, 1.82) is 0 Å². The van der Waals surface area contributed by atoms with Gasteiger partial charge in [-0.1, -0.05) is 32.6 Å². The molecule has 1 rings (SSSR count). The summed E-state index contributed by atoms with van der Waals surface area (Å²) < 4.78 is 5.02. The first-order valence-electron chi connectivity index (χ1n) is 8.37. The zero-order chi connectivity index (χ0) is 20.2. The minimum Gasteiger partial charge on any atom is -0.481 e. The highest BCUT2D eigenvalue weighted by atomic mass is 16.5. The first-order valence-corrected chi connectivity index (χ1v) is 8.37. The second kappa shape index (κ2) is 8.95. The van der Waals surface area contributed by atoms with E-state index in [9.17, 15) is 24.6 Å². The maximum atomic E-state index is 11.8. The molecule has 0 aliphatic carbocycles. The smallest absolute Gasteiger partial charge is 0.333 e. The number of aliphatic hydroxyl groups is 1. The number of carbonyl (C=O) groups excluding carboxylic acids is 1. The van der Waals surface area contributed by atoms with Gasteiger partial charge in [-0.2, -0.15) is 0 Å². The van der Waals surface area contributed by atoms with E-state index in [1.165, 1.54) is 4.90 Å². The molecule has 8 heteroatoms. The number of hydrogen-bond donors (Lipinski definition) is 3. The van der Waals surface area contributed by atoms with Gasteiger partial charge in [-0.25, -0.2) is 4.79 Å². The minimum atomic E-state index is -1.37. The van der Waals surface area contributed by atoms with Gasteiger partial charge in [0.15, 0.2) is 0 Å². The number of aliphatic hydroxyl groups excluding tert-OH is 1. The van der Waals surface area contributed by atoms with Gasteiger partial charge in [-0.15, -0.1) is 0 Å². The number of rotatable bonds is 9. The average Bonchev–Trinajstić information content (AvgIpc) is 2.90. The lowest BCUT2D eigenvalue weighted by Crippen LogP contribution is -2.48. The molecular weight excluding hydrogens is 342 g/mol. The molecular formula is C18H27NO7. The van der Waals surface area contributed by atoms with E-state index in [1.54, 1.807) is 20.8 Å². The summed E-state index contributed by atoms with van der Waals surface area (Å²) in [5.74, 6) is -4.28. The molecule has 26 heavy (non-hydrogen) atoms. The topological polar surface area (TPSA) is 124 Å². The van der Waals surface area contributed by atoms with Crippen molar-refractivity contribution in [3.8, 4) is 0 Å². The molecule has 4 unspecified atom stereocenters. The van der Waals surface area contributed by atoms with Gasteiger partial charge in [0.05, 0.1) is 6.42 Å². The molecule has 8 nitrogen and oxygen atoms in total.